The molecule has 0 aliphatic heterocycles. The average molecular weight is 404 g/mol. The summed E-state index contributed by atoms with van der Waals surface area (Å²) in [6.07, 6.45) is 3.40. The van der Waals surface area contributed by atoms with Crippen molar-refractivity contribution in [3.8, 4) is 0 Å². The van der Waals surface area contributed by atoms with E-state index >= 15 is 0 Å². The minimum atomic E-state index is -0.263. The molecule has 3 aromatic rings. The SMILES string of the molecule is C[NH2+]c1ccccc1NC(=O)c1ccc(C(C)NC(=O)NCc2cccnc2)cc1. The topological polar surface area (TPSA) is 99.7 Å². The molecule has 7 heteroatoms. The number of carbonyl (C=O) groups is 2. The number of nitrogens with zero attached hydrogens (tertiary/aromatic N) is 1. The molecule has 1 atom stereocenters. The standard InChI is InChI=1S/C23H25N5O2/c1-16(27-23(30)26-15-17-6-5-13-25-14-17)18-9-11-19(12-10-18)22(29)28-21-8-4-3-7-20(21)24-2/h3-14,16,24H,15H2,1-2H3,(H,28,29)(H2,26,27,30)/p+1. The van der Waals surface area contributed by atoms with Crippen LogP contribution in [0.15, 0.2) is 73.1 Å². The van der Waals surface area contributed by atoms with E-state index in [1.54, 1.807) is 24.5 Å². The number of nitrogens with two attached hydrogens (primary N) is 1. The summed E-state index contributed by atoms with van der Waals surface area (Å²) in [7, 11) is 1.93. The van der Waals surface area contributed by atoms with Gasteiger partial charge in [-0.1, -0.05) is 30.3 Å². The molecule has 30 heavy (non-hydrogen) atoms. The van der Waals surface area contributed by atoms with Crippen molar-refractivity contribution in [2.45, 2.75) is 19.5 Å². The van der Waals surface area contributed by atoms with E-state index in [9.17, 15) is 9.59 Å². The van der Waals surface area contributed by atoms with Crippen LogP contribution in [0.3, 0.4) is 0 Å². The number of nitrogens with one attached hydrogen (secondary N) is 3. The van der Waals surface area contributed by atoms with E-state index < -0.39 is 0 Å². The highest BCUT2D eigenvalue weighted by Gasteiger charge is 2.13. The van der Waals surface area contributed by atoms with Gasteiger partial charge in [-0.3, -0.25) is 9.78 Å². The Kier molecular flexibility index (Phi) is 7.13. The zero-order valence-electron chi connectivity index (χ0n) is 17.1. The maximum atomic E-state index is 12.6. The van der Waals surface area contributed by atoms with E-state index in [1.807, 2.05) is 67.8 Å². The number of benzene rings is 2. The van der Waals surface area contributed by atoms with Crippen molar-refractivity contribution >= 4 is 23.3 Å². The monoisotopic (exact) mass is 404 g/mol. The molecular weight excluding hydrogens is 378 g/mol. The summed E-state index contributed by atoms with van der Waals surface area (Å²) in [5.41, 5.74) is 4.13. The normalized spacial score (nSPS) is 11.4. The second-order valence-corrected chi connectivity index (χ2v) is 6.86. The molecule has 0 aliphatic rings. The van der Waals surface area contributed by atoms with E-state index in [1.165, 1.54) is 0 Å². The van der Waals surface area contributed by atoms with Gasteiger partial charge in [-0.15, -0.1) is 0 Å². The fourth-order valence-electron chi connectivity index (χ4n) is 3.00. The molecule has 0 bridgehead atoms. The van der Waals surface area contributed by atoms with Gasteiger partial charge in [-0.25, -0.2) is 4.79 Å². The molecule has 0 spiro atoms. The molecule has 0 radical (unpaired) electrons. The van der Waals surface area contributed by atoms with E-state index in [2.05, 4.69) is 20.9 Å². The molecule has 3 amide bonds. The molecule has 0 aliphatic carbocycles. The third-order valence-corrected chi connectivity index (χ3v) is 4.72. The predicted molar refractivity (Wildman–Crippen MR) is 116 cm³/mol. The first-order valence-corrected chi connectivity index (χ1v) is 9.80. The molecule has 3 rings (SSSR count). The molecule has 154 valence electrons. The Morgan fingerprint density at radius 1 is 1.03 bits per heavy atom. The summed E-state index contributed by atoms with van der Waals surface area (Å²) in [5, 5.41) is 10.6. The molecule has 0 saturated carbocycles. The van der Waals surface area contributed by atoms with Gasteiger partial charge in [-0.2, -0.15) is 0 Å². The first kappa shape index (κ1) is 21.0. The van der Waals surface area contributed by atoms with Gasteiger partial charge in [0.05, 0.1) is 13.1 Å². The molecule has 1 unspecified atom stereocenters. The maximum absolute atomic E-state index is 12.6. The molecule has 2 aromatic carbocycles. The number of urea groups is 1. The van der Waals surface area contributed by atoms with Gasteiger partial charge >= 0.3 is 6.03 Å². The van der Waals surface area contributed by atoms with Crippen molar-refractivity contribution in [3.63, 3.8) is 0 Å². The fraction of sp³-hybridized carbons (Fsp3) is 0.174. The number of quaternary nitrogens is 1. The molecule has 0 saturated heterocycles. The van der Waals surface area contributed by atoms with Gasteiger partial charge in [0.2, 0.25) is 0 Å². The Morgan fingerprint density at radius 3 is 2.50 bits per heavy atom. The van der Waals surface area contributed by atoms with Crippen molar-refractivity contribution in [3.05, 3.63) is 89.7 Å². The Bertz CT molecular complexity index is 990. The summed E-state index contributed by atoms with van der Waals surface area (Å²) < 4.78 is 0. The van der Waals surface area contributed by atoms with Crippen LogP contribution in [-0.2, 0) is 6.54 Å². The number of rotatable bonds is 7. The van der Waals surface area contributed by atoms with Crippen LogP contribution in [0.5, 0.6) is 0 Å². The van der Waals surface area contributed by atoms with Crippen LogP contribution in [0.2, 0.25) is 0 Å². The molecule has 1 aromatic heterocycles. The lowest BCUT2D eigenvalue weighted by Crippen LogP contribution is -2.72. The summed E-state index contributed by atoms with van der Waals surface area (Å²) in [5.74, 6) is -0.175. The Hall–Kier alpha value is -3.71. The van der Waals surface area contributed by atoms with Gasteiger partial charge < -0.3 is 21.3 Å². The minimum Gasteiger partial charge on any atom is -0.334 e. The summed E-state index contributed by atoms with van der Waals surface area (Å²) in [6, 6.07) is 18.1. The zero-order valence-corrected chi connectivity index (χ0v) is 17.1. The Morgan fingerprint density at radius 2 is 1.80 bits per heavy atom. The smallest absolute Gasteiger partial charge is 0.315 e. The van der Waals surface area contributed by atoms with Crippen molar-refractivity contribution in [1.82, 2.24) is 15.6 Å². The first-order chi connectivity index (χ1) is 14.6. The number of para-hydroxylation sites is 2. The van der Waals surface area contributed by atoms with Crippen LogP contribution >= 0.6 is 0 Å². The lowest BCUT2D eigenvalue weighted by Gasteiger charge is -2.15. The third-order valence-electron chi connectivity index (χ3n) is 4.72. The van der Waals surface area contributed by atoms with E-state index in [0.717, 1.165) is 22.5 Å². The van der Waals surface area contributed by atoms with Crippen LogP contribution in [0, 0.1) is 0 Å². The highest BCUT2D eigenvalue weighted by atomic mass is 16.2. The van der Waals surface area contributed by atoms with Gasteiger partial charge in [0.1, 0.15) is 5.69 Å². The number of amides is 3. The maximum Gasteiger partial charge on any atom is 0.315 e. The molecular formula is C23H26N5O2+. The highest BCUT2D eigenvalue weighted by molar-refractivity contribution is 6.05. The van der Waals surface area contributed by atoms with E-state index in [0.29, 0.717) is 12.1 Å². The lowest BCUT2D eigenvalue weighted by molar-refractivity contribution is -0.538. The van der Waals surface area contributed by atoms with Crippen molar-refractivity contribution < 1.29 is 14.9 Å². The van der Waals surface area contributed by atoms with Crippen LogP contribution in [0.4, 0.5) is 16.2 Å². The second kappa shape index (κ2) is 10.2. The first-order valence-electron chi connectivity index (χ1n) is 9.80. The number of anilines is 1. The number of aromatic nitrogens is 1. The highest BCUT2D eigenvalue weighted by Crippen LogP contribution is 2.18. The Balaban J connectivity index is 1.55. The quantitative estimate of drug-likeness (QED) is 0.456. The zero-order chi connectivity index (χ0) is 21.3. The summed E-state index contributed by atoms with van der Waals surface area (Å²) in [4.78, 5) is 28.7. The number of hydrogen-bond acceptors (Lipinski definition) is 3. The van der Waals surface area contributed by atoms with Crippen LogP contribution in [-0.4, -0.2) is 24.0 Å². The van der Waals surface area contributed by atoms with Gasteiger partial charge in [0.25, 0.3) is 5.91 Å². The predicted octanol–water partition coefficient (Wildman–Crippen LogP) is 2.72. The summed E-state index contributed by atoms with van der Waals surface area (Å²) in [6.45, 7) is 2.30. The number of carbonyl (C=O) groups excluding carboxylic acids is 2. The molecule has 0 fully saturated rings. The van der Waals surface area contributed by atoms with Crippen molar-refractivity contribution in [2.24, 2.45) is 0 Å². The van der Waals surface area contributed by atoms with Crippen LogP contribution in [0.1, 0.15) is 34.5 Å². The van der Waals surface area contributed by atoms with E-state index in [-0.39, 0.29) is 18.0 Å². The van der Waals surface area contributed by atoms with Gasteiger partial charge in [0, 0.05) is 30.6 Å². The Labute approximate surface area is 175 Å². The summed E-state index contributed by atoms with van der Waals surface area (Å²) >= 11 is 0. The van der Waals surface area contributed by atoms with E-state index in [4.69, 9.17) is 0 Å². The van der Waals surface area contributed by atoms with Crippen LogP contribution in [0.25, 0.3) is 0 Å². The second-order valence-electron chi connectivity index (χ2n) is 6.86. The molecule has 5 N–H and O–H groups in total. The number of pyridine rings is 1. The molecule has 7 nitrogen and oxygen atoms in total. The van der Waals surface area contributed by atoms with Crippen molar-refractivity contribution in [2.75, 3.05) is 12.4 Å². The fourth-order valence-corrected chi connectivity index (χ4v) is 3.00. The largest absolute Gasteiger partial charge is 0.334 e. The van der Waals surface area contributed by atoms with Crippen LogP contribution < -0.4 is 21.3 Å². The molecule has 1 heterocycles. The third kappa shape index (κ3) is 5.65. The van der Waals surface area contributed by atoms with Gasteiger partial charge in [0.15, 0.2) is 5.69 Å². The van der Waals surface area contributed by atoms with Crippen molar-refractivity contribution in [1.29, 1.82) is 0 Å². The number of hydrogen-bond donors (Lipinski definition) is 4. The minimum absolute atomic E-state index is 0.175. The lowest BCUT2D eigenvalue weighted by atomic mass is 10.1. The average Bonchev–Trinajstić information content (AvgIpc) is 2.79. The van der Waals surface area contributed by atoms with Gasteiger partial charge in [-0.05, 0) is 42.3 Å².